The lowest BCUT2D eigenvalue weighted by molar-refractivity contribution is -0.122. The third kappa shape index (κ3) is 5.01. The summed E-state index contributed by atoms with van der Waals surface area (Å²) in [5, 5.41) is 0.520. The number of nitrogens with zero attached hydrogens (tertiary/aromatic N) is 3. The van der Waals surface area contributed by atoms with Gasteiger partial charge >= 0.3 is 0 Å². The molecule has 1 atom stereocenters. The van der Waals surface area contributed by atoms with Gasteiger partial charge < -0.3 is 9.32 Å². The zero-order valence-corrected chi connectivity index (χ0v) is 21.5. The minimum atomic E-state index is -3.98. The van der Waals surface area contributed by atoms with Crippen molar-refractivity contribution in [2.45, 2.75) is 36.8 Å². The monoisotopic (exact) mass is 521 g/mol. The zero-order chi connectivity index (χ0) is 26.2. The Bertz CT molecular complexity index is 1510. The molecule has 1 fully saturated rings. The molecular weight excluding hydrogens is 493 g/mol. The summed E-state index contributed by atoms with van der Waals surface area (Å²) in [6.07, 6.45) is 2.96. The van der Waals surface area contributed by atoms with Gasteiger partial charge in [0.15, 0.2) is 5.78 Å². The summed E-state index contributed by atoms with van der Waals surface area (Å²) < 4.78 is 48.1. The van der Waals surface area contributed by atoms with Crippen LogP contribution in [0, 0.1) is 5.82 Å². The number of aromatic nitrogens is 1. The molecule has 0 aliphatic carbocycles. The third-order valence-corrected chi connectivity index (χ3v) is 8.53. The molecule has 0 saturated carbocycles. The van der Waals surface area contributed by atoms with Crippen molar-refractivity contribution in [3.63, 3.8) is 0 Å². The summed E-state index contributed by atoms with van der Waals surface area (Å²) in [5.74, 6) is 0.196. The van der Waals surface area contributed by atoms with E-state index in [2.05, 4.69) is 4.98 Å². The van der Waals surface area contributed by atoms with Gasteiger partial charge in [0.25, 0.3) is 10.0 Å². The number of anilines is 1. The zero-order valence-electron chi connectivity index (χ0n) is 20.7. The minimum absolute atomic E-state index is 0.0367. The van der Waals surface area contributed by atoms with E-state index in [1.165, 1.54) is 16.4 Å². The Labute approximate surface area is 215 Å². The predicted molar refractivity (Wildman–Crippen MR) is 140 cm³/mol. The van der Waals surface area contributed by atoms with Crippen LogP contribution in [0.4, 0.5) is 10.2 Å². The van der Waals surface area contributed by atoms with Gasteiger partial charge in [-0.1, -0.05) is 24.3 Å². The maximum atomic E-state index is 14.6. The highest BCUT2D eigenvalue weighted by atomic mass is 32.2. The fourth-order valence-electron chi connectivity index (χ4n) is 4.74. The van der Waals surface area contributed by atoms with Gasteiger partial charge in [-0.3, -0.25) is 4.79 Å². The van der Waals surface area contributed by atoms with Crippen molar-refractivity contribution in [3.8, 4) is 11.1 Å². The lowest BCUT2D eigenvalue weighted by atomic mass is 9.98. The first-order chi connectivity index (χ1) is 17.7. The van der Waals surface area contributed by atoms with Crippen LogP contribution in [0.5, 0.6) is 0 Å². The van der Waals surface area contributed by atoms with Crippen molar-refractivity contribution in [2.75, 3.05) is 25.5 Å². The van der Waals surface area contributed by atoms with E-state index < -0.39 is 21.9 Å². The first-order valence-corrected chi connectivity index (χ1v) is 13.6. The molecule has 9 heteroatoms. The Morgan fingerprint density at radius 2 is 1.89 bits per heavy atom. The number of hydrogen-bond donors (Lipinski definition) is 0. The number of rotatable bonds is 8. The first-order valence-electron chi connectivity index (χ1n) is 12.2. The van der Waals surface area contributed by atoms with Crippen LogP contribution in [-0.2, 0) is 21.2 Å². The lowest BCUT2D eigenvalue weighted by Gasteiger charge is -2.22. The minimum Gasteiger partial charge on any atom is -0.443 e. The van der Waals surface area contributed by atoms with Gasteiger partial charge in [-0.15, -0.1) is 0 Å². The van der Waals surface area contributed by atoms with Crippen LogP contribution in [0.1, 0.15) is 24.8 Å². The molecule has 0 spiro atoms. The van der Waals surface area contributed by atoms with Crippen molar-refractivity contribution in [1.82, 2.24) is 9.29 Å². The second kappa shape index (κ2) is 10.1. The number of pyridine rings is 1. The molecule has 37 heavy (non-hydrogen) atoms. The van der Waals surface area contributed by atoms with Crippen LogP contribution in [0.2, 0.25) is 0 Å². The van der Waals surface area contributed by atoms with Gasteiger partial charge in [0.2, 0.25) is 5.09 Å². The Hall–Kier alpha value is -3.56. The van der Waals surface area contributed by atoms with Gasteiger partial charge in [-0.25, -0.2) is 17.8 Å². The summed E-state index contributed by atoms with van der Waals surface area (Å²) in [5.41, 5.74) is 2.53. The molecule has 4 aromatic rings. The number of aryl methyl sites for hydroxylation is 1. The first kappa shape index (κ1) is 25.1. The van der Waals surface area contributed by atoms with Crippen molar-refractivity contribution in [3.05, 3.63) is 78.2 Å². The summed E-state index contributed by atoms with van der Waals surface area (Å²) >= 11 is 0. The molecule has 7 nitrogen and oxygen atoms in total. The molecule has 0 radical (unpaired) electrons. The molecule has 2 aromatic carbocycles. The van der Waals surface area contributed by atoms with Crippen molar-refractivity contribution in [1.29, 1.82) is 0 Å². The molecule has 0 bridgehead atoms. The summed E-state index contributed by atoms with van der Waals surface area (Å²) in [6.45, 7) is 0.246. The number of para-hydroxylation sites is 1. The number of sulfonamides is 1. The largest absolute Gasteiger partial charge is 0.443 e. The Balaban J connectivity index is 1.31. The van der Waals surface area contributed by atoms with Crippen LogP contribution in [0.15, 0.2) is 76.4 Å². The fourth-order valence-corrected chi connectivity index (χ4v) is 6.37. The van der Waals surface area contributed by atoms with Crippen LogP contribution in [0.25, 0.3) is 22.1 Å². The number of hydrogen-bond acceptors (Lipinski definition) is 6. The van der Waals surface area contributed by atoms with Gasteiger partial charge in [0, 0.05) is 50.3 Å². The van der Waals surface area contributed by atoms with Gasteiger partial charge in [0.1, 0.15) is 17.2 Å². The van der Waals surface area contributed by atoms with Gasteiger partial charge in [-0.05, 0) is 60.7 Å². The molecule has 2 aromatic heterocycles. The number of furan rings is 1. The second-order valence-corrected chi connectivity index (χ2v) is 11.3. The topological polar surface area (TPSA) is 83.7 Å². The van der Waals surface area contributed by atoms with Crippen LogP contribution < -0.4 is 4.90 Å². The average Bonchev–Trinajstić information content (AvgIpc) is 3.57. The number of halogens is 1. The highest BCUT2D eigenvalue weighted by Crippen LogP contribution is 2.31. The number of ketones is 1. The number of Topliss-reactive ketones (excluding diaryl/α,β-unsaturated/α-hetero) is 1. The van der Waals surface area contributed by atoms with E-state index in [0.717, 1.165) is 16.9 Å². The van der Waals surface area contributed by atoms with E-state index in [4.69, 9.17) is 4.42 Å². The molecule has 1 unspecified atom stereocenters. The van der Waals surface area contributed by atoms with E-state index in [9.17, 15) is 17.6 Å². The molecular formula is C28H28FN3O4S. The van der Waals surface area contributed by atoms with Gasteiger partial charge in [0.05, 0.1) is 6.04 Å². The van der Waals surface area contributed by atoms with E-state index in [1.807, 2.05) is 31.1 Å². The van der Waals surface area contributed by atoms with Gasteiger partial charge in [-0.2, -0.15) is 4.31 Å². The SMILES string of the molecule is CN(C)c1ccc(-c2ccc(F)c(CCC(=O)C3CCCN3S(=O)(=O)c3cc4ccccc4o3)c2)cn1. The Morgan fingerprint density at radius 3 is 2.62 bits per heavy atom. The quantitative estimate of drug-likeness (QED) is 0.323. The third-order valence-electron chi connectivity index (χ3n) is 6.77. The highest BCUT2D eigenvalue weighted by molar-refractivity contribution is 7.89. The molecule has 1 saturated heterocycles. The van der Waals surface area contributed by atoms with E-state index >= 15 is 0 Å². The summed E-state index contributed by atoms with van der Waals surface area (Å²) in [4.78, 5) is 19.5. The fraction of sp³-hybridized carbons (Fsp3) is 0.286. The standard InChI is InChI=1S/C28H28FN3O4S/c1-31(2)27-14-11-22(18-30-27)19-9-12-23(29)20(16-19)10-13-25(33)24-7-5-15-32(24)37(34,35)28-17-21-6-3-4-8-26(21)36-28/h3-4,6,8-9,11-12,14,16-18,24H,5,7,10,13,15H2,1-2H3. The van der Waals surface area contributed by atoms with Crippen molar-refractivity contribution < 1.29 is 22.0 Å². The molecule has 5 rings (SSSR count). The maximum absolute atomic E-state index is 14.6. The van der Waals surface area contributed by atoms with E-state index in [0.29, 0.717) is 29.4 Å². The van der Waals surface area contributed by atoms with Crippen LogP contribution in [-0.4, -0.2) is 50.2 Å². The van der Waals surface area contributed by atoms with Crippen LogP contribution in [0.3, 0.4) is 0 Å². The average molecular weight is 522 g/mol. The lowest BCUT2D eigenvalue weighted by Crippen LogP contribution is -2.40. The Kier molecular flexibility index (Phi) is 6.83. The van der Waals surface area contributed by atoms with Crippen LogP contribution >= 0.6 is 0 Å². The maximum Gasteiger partial charge on any atom is 0.277 e. The molecule has 1 aliphatic rings. The Morgan fingerprint density at radius 1 is 1.11 bits per heavy atom. The second-order valence-electron chi connectivity index (χ2n) is 9.45. The number of fused-ring (bicyclic) bond motifs is 1. The van der Waals surface area contributed by atoms with Crippen molar-refractivity contribution in [2.24, 2.45) is 0 Å². The molecule has 0 N–H and O–H groups in total. The number of carbonyl (C=O) groups excluding carboxylic acids is 1. The smallest absolute Gasteiger partial charge is 0.277 e. The highest BCUT2D eigenvalue weighted by Gasteiger charge is 2.40. The molecule has 0 amide bonds. The number of carbonyl (C=O) groups is 1. The normalized spacial score (nSPS) is 16.4. The number of benzene rings is 2. The summed E-state index contributed by atoms with van der Waals surface area (Å²) in [7, 11) is -0.167. The molecule has 1 aliphatic heterocycles. The van der Waals surface area contributed by atoms with E-state index in [-0.39, 0.29) is 30.3 Å². The predicted octanol–water partition coefficient (Wildman–Crippen LogP) is 5.05. The molecule has 3 heterocycles. The van der Waals surface area contributed by atoms with Crippen molar-refractivity contribution >= 4 is 32.6 Å². The molecule has 192 valence electrons. The van der Waals surface area contributed by atoms with E-state index in [1.54, 1.807) is 42.6 Å². The summed E-state index contributed by atoms with van der Waals surface area (Å²) in [6, 6.07) is 16.4.